The SMILES string of the molecule is CC(C)N(CCC(=O)O)C(=O)C1(C)CCCCC1. The summed E-state index contributed by atoms with van der Waals surface area (Å²) in [5.74, 6) is -0.708. The van der Waals surface area contributed by atoms with E-state index < -0.39 is 5.97 Å². The Morgan fingerprint density at radius 3 is 2.22 bits per heavy atom. The molecule has 1 rings (SSSR count). The molecule has 1 amide bonds. The van der Waals surface area contributed by atoms with E-state index in [1.165, 1.54) is 6.42 Å². The highest BCUT2D eigenvalue weighted by Gasteiger charge is 2.38. The molecule has 0 atom stereocenters. The summed E-state index contributed by atoms with van der Waals surface area (Å²) in [6.45, 7) is 6.25. The number of hydrogen-bond acceptors (Lipinski definition) is 2. The van der Waals surface area contributed by atoms with Crippen molar-refractivity contribution in [1.82, 2.24) is 4.90 Å². The molecule has 0 saturated heterocycles. The van der Waals surface area contributed by atoms with E-state index in [1.807, 2.05) is 20.8 Å². The van der Waals surface area contributed by atoms with Gasteiger partial charge < -0.3 is 10.0 Å². The Bertz CT molecular complexity index is 306. The molecule has 0 radical (unpaired) electrons. The number of aliphatic carboxylic acids is 1. The second-order valence-corrected chi connectivity index (χ2v) is 5.86. The lowest BCUT2D eigenvalue weighted by Crippen LogP contribution is -2.47. The minimum atomic E-state index is -0.845. The molecule has 1 aliphatic rings. The van der Waals surface area contributed by atoms with Crippen molar-refractivity contribution in [1.29, 1.82) is 0 Å². The van der Waals surface area contributed by atoms with Crippen molar-refractivity contribution in [3.63, 3.8) is 0 Å². The molecule has 18 heavy (non-hydrogen) atoms. The Morgan fingerprint density at radius 2 is 1.78 bits per heavy atom. The molecule has 4 heteroatoms. The molecule has 0 aromatic carbocycles. The van der Waals surface area contributed by atoms with Gasteiger partial charge in [0, 0.05) is 18.0 Å². The van der Waals surface area contributed by atoms with Crippen LogP contribution in [-0.2, 0) is 9.59 Å². The van der Waals surface area contributed by atoms with Gasteiger partial charge in [0.15, 0.2) is 0 Å². The summed E-state index contributed by atoms with van der Waals surface area (Å²) >= 11 is 0. The van der Waals surface area contributed by atoms with Crippen molar-refractivity contribution in [2.75, 3.05) is 6.54 Å². The Balaban J connectivity index is 2.71. The average Bonchev–Trinajstić information content (AvgIpc) is 2.29. The first kappa shape index (κ1) is 15.0. The second-order valence-electron chi connectivity index (χ2n) is 5.86. The molecule has 0 aromatic rings. The molecule has 0 aromatic heterocycles. The van der Waals surface area contributed by atoms with Gasteiger partial charge in [0.05, 0.1) is 6.42 Å². The lowest BCUT2D eigenvalue weighted by molar-refractivity contribution is -0.146. The molecular weight excluding hydrogens is 230 g/mol. The zero-order valence-electron chi connectivity index (χ0n) is 11.7. The standard InChI is InChI=1S/C14H25NO3/c1-11(2)15(10-7-12(16)17)13(18)14(3)8-5-4-6-9-14/h11H,4-10H2,1-3H3,(H,16,17). The predicted molar refractivity (Wildman–Crippen MR) is 70.3 cm³/mol. The lowest BCUT2D eigenvalue weighted by Gasteiger charge is -2.38. The number of hydrogen-bond donors (Lipinski definition) is 1. The summed E-state index contributed by atoms with van der Waals surface area (Å²) < 4.78 is 0. The van der Waals surface area contributed by atoms with E-state index in [-0.39, 0.29) is 23.8 Å². The molecular formula is C14H25NO3. The number of nitrogens with zero attached hydrogens (tertiary/aromatic N) is 1. The van der Waals surface area contributed by atoms with Crippen LogP contribution in [0.3, 0.4) is 0 Å². The van der Waals surface area contributed by atoms with Crippen molar-refractivity contribution >= 4 is 11.9 Å². The number of carboxylic acid groups (broad SMARTS) is 1. The van der Waals surface area contributed by atoms with Crippen LogP contribution >= 0.6 is 0 Å². The van der Waals surface area contributed by atoms with E-state index in [9.17, 15) is 9.59 Å². The molecule has 104 valence electrons. The summed E-state index contributed by atoms with van der Waals surface area (Å²) in [6, 6.07) is 0.0654. The molecule has 0 heterocycles. The van der Waals surface area contributed by atoms with Crippen LogP contribution in [0.2, 0.25) is 0 Å². The number of rotatable bonds is 5. The van der Waals surface area contributed by atoms with E-state index >= 15 is 0 Å². The van der Waals surface area contributed by atoms with Gasteiger partial charge in [-0.3, -0.25) is 9.59 Å². The molecule has 0 spiro atoms. The Labute approximate surface area is 109 Å². The van der Waals surface area contributed by atoms with Crippen LogP contribution in [0.1, 0.15) is 59.3 Å². The van der Waals surface area contributed by atoms with Crippen molar-refractivity contribution in [3.05, 3.63) is 0 Å². The van der Waals surface area contributed by atoms with E-state index in [0.29, 0.717) is 6.54 Å². The van der Waals surface area contributed by atoms with Crippen molar-refractivity contribution in [2.45, 2.75) is 65.3 Å². The summed E-state index contributed by atoms with van der Waals surface area (Å²) in [5.41, 5.74) is -0.277. The topological polar surface area (TPSA) is 57.6 Å². The third-order valence-corrected chi connectivity index (χ3v) is 3.92. The van der Waals surface area contributed by atoms with Crippen LogP contribution in [-0.4, -0.2) is 34.5 Å². The quantitative estimate of drug-likeness (QED) is 0.821. The molecule has 0 aliphatic heterocycles. The number of carbonyl (C=O) groups is 2. The van der Waals surface area contributed by atoms with Crippen LogP contribution in [0, 0.1) is 5.41 Å². The Hall–Kier alpha value is -1.06. The number of amides is 1. The van der Waals surface area contributed by atoms with Gasteiger partial charge in [-0.05, 0) is 26.7 Å². The highest BCUT2D eigenvalue weighted by atomic mass is 16.4. The van der Waals surface area contributed by atoms with Crippen LogP contribution in [0.15, 0.2) is 0 Å². The summed E-state index contributed by atoms with van der Waals surface area (Å²) in [5, 5.41) is 8.76. The van der Waals surface area contributed by atoms with E-state index in [0.717, 1.165) is 25.7 Å². The maximum atomic E-state index is 12.6. The first-order valence-electron chi connectivity index (χ1n) is 6.90. The van der Waals surface area contributed by atoms with Gasteiger partial charge in [-0.15, -0.1) is 0 Å². The molecule has 0 bridgehead atoms. The normalized spacial score (nSPS) is 18.7. The maximum absolute atomic E-state index is 12.6. The molecule has 4 nitrogen and oxygen atoms in total. The summed E-state index contributed by atoms with van der Waals surface area (Å²) in [4.78, 5) is 25.0. The van der Waals surface area contributed by atoms with E-state index in [2.05, 4.69) is 0 Å². The zero-order chi connectivity index (χ0) is 13.8. The van der Waals surface area contributed by atoms with Gasteiger partial charge in [-0.1, -0.05) is 26.2 Å². The third-order valence-electron chi connectivity index (χ3n) is 3.92. The lowest BCUT2D eigenvalue weighted by atomic mass is 9.74. The van der Waals surface area contributed by atoms with Gasteiger partial charge >= 0.3 is 5.97 Å². The fourth-order valence-corrected chi connectivity index (χ4v) is 2.70. The minimum absolute atomic E-state index is 0.0278. The van der Waals surface area contributed by atoms with Gasteiger partial charge in [-0.25, -0.2) is 0 Å². The predicted octanol–water partition coefficient (Wildman–Crippen LogP) is 2.67. The van der Waals surface area contributed by atoms with Crippen LogP contribution in [0.25, 0.3) is 0 Å². The van der Waals surface area contributed by atoms with E-state index in [4.69, 9.17) is 5.11 Å². The Kier molecular flexibility index (Phi) is 5.17. The molecule has 0 unspecified atom stereocenters. The molecule has 1 aliphatic carbocycles. The fraction of sp³-hybridized carbons (Fsp3) is 0.857. The van der Waals surface area contributed by atoms with Crippen molar-refractivity contribution in [3.8, 4) is 0 Å². The third kappa shape index (κ3) is 3.72. The smallest absolute Gasteiger partial charge is 0.305 e. The summed E-state index contributed by atoms with van der Waals surface area (Å²) in [7, 11) is 0. The van der Waals surface area contributed by atoms with Crippen LogP contribution in [0.5, 0.6) is 0 Å². The molecule has 1 N–H and O–H groups in total. The van der Waals surface area contributed by atoms with E-state index in [1.54, 1.807) is 4.90 Å². The van der Waals surface area contributed by atoms with Crippen LogP contribution < -0.4 is 0 Å². The number of carboxylic acids is 1. The molecule has 1 saturated carbocycles. The zero-order valence-corrected chi connectivity index (χ0v) is 11.7. The second kappa shape index (κ2) is 6.21. The average molecular weight is 255 g/mol. The monoisotopic (exact) mass is 255 g/mol. The van der Waals surface area contributed by atoms with Gasteiger partial charge in [0.25, 0.3) is 0 Å². The first-order valence-corrected chi connectivity index (χ1v) is 6.90. The minimum Gasteiger partial charge on any atom is -0.481 e. The largest absolute Gasteiger partial charge is 0.481 e. The highest BCUT2D eigenvalue weighted by molar-refractivity contribution is 5.83. The Morgan fingerprint density at radius 1 is 1.22 bits per heavy atom. The van der Waals surface area contributed by atoms with Crippen molar-refractivity contribution < 1.29 is 14.7 Å². The van der Waals surface area contributed by atoms with Crippen molar-refractivity contribution in [2.24, 2.45) is 5.41 Å². The first-order chi connectivity index (χ1) is 8.37. The van der Waals surface area contributed by atoms with Gasteiger partial charge in [-0.2, -0.15) is 0 Å². The van der Waals surface area contributed by atoms with Gasteiger partial charge in [0.1, 0.15) is 0 Å². The fourth-order valence-electron chi connectivity index (χ4n) is 2.70. The maximum Gasteiger partial charge on any atom is 0.305 e. The number of carbonyl (C=O) groups excluding carboxylic acids is 1. The van der Waals surface area contributed by atoms with Crippen LogP contribution in [0.4, 0.5) is 0 Å². The van der Waals surface area contributed by atoms with Gasteiger partial charge in [0.2, 0.25) is 5.91 Å². The summed E-state index contributed by atoms with van der Waals surface area (Å²) in [6.07, 6.45) is 5.31. The highest BCUT2D eigenvalue weighted by Crippen LogP contribution is 2.37. The molecule has 1 fully saturated rings.